The van der Waals surface area contributed by atoms with E-state index in [1.165, 1.54) is 7.11 Å². The van der Waals surface area contributed by atoms with Gasteiger partial charge in [-0.25, -0.2) is 9.48 Å². The first-order valence-electron chi connectivity index (χ1n) is 9.01. The molecule has 0 aliphatic rings. The maximum atomic E-state index is 12.5. The summed E-state index contributed by atoms with van der Waals surface area (Å²) in [5, 5.41) is 8.19. The zero-order valence-electron chi connectivity index (χ0n) is 16.3. The largest absolute Gasteiger partial charge is 0.496 e. The molecule has 0 saturated heterocycles. The molecule has 4 rings (SSSR count). The van der Waals surface area contributed by atoms with Gasteiger partial charge >= 0.3 is 5.97 Å². The van der Waals surface area contributed by atoms with Crippen molar-refractivity contribution in [1.29, 1.82) is 0 Å². The fraction of sp³-hybridized carbons (Fsp3) is 0.143. The summed E-state index contributed by atoms with van der Waals surface area (Å²) in [4.78, 5) is 16.8. The fourth-order valence-corrected chi connectivity index (χ4v) is 2.81. The zero-order chi connectivity index (χ0) is 20.9. The number of nitrogens with zero attached hydrogens (tertiary/aromatic N) is 4. The maximum absolute atomic E-state index is 12.5. The molecule has 0 atom stereocenters. The smallest absolute Gasteiger partial charge is 0.363 e. The second kappa shape index (κ2) is 8.48. The minimum absolute atomic E-state index is 0.0471. The third kappa shape index (κ3) is 3.86. The Morgan fingerprint density at radius 2 is 1.73 bits per heavy atom. The van der Waals surface area contributed by atoms with Gasteiger partial charge in [0.25, 0.3) is 5.89 Å². The van der Waals surface area contributed by atoms with Crippen LogP contribution in [0.15, 0.2) is 65.3 Å². The number of methoxy groups -OCH3 is 2. The Morgan fingerprint density at radius 3 is 2.50 bits per heavy atom. The third-order valence-corrected chi connectivity index (χ3v) is 4.26. The predicted octanol–water partition coefficient (Wildman–Crippen LogP) is 3.30. The topological polar surface area (TPSA) is 102 Å². The first kappa shape index (κ1) is 19.2. The summed E-state index contributed by atoms with van der Waals surface area (Å²) >= 11 is 0. The SMILES string of the molecule is COc1ccccc1-c1noc(COC(=O)c2nn(-c3ccccc3)cc2OC)n1. The molecule has 2 aromatic heterocycles. The van der Waals surface area contributed by atoms with Gasteiger partial charge in [-0.3, -0.25) is 0 Å². The summed E-state index contributed by atoms with van der Waals surface area (Å²) < 4.78 is 22.6. The van der Waals surface area contributed by atoms with Crippen molar-refractivity contribution >= 4 is 5.97 Å². The summed E-state index contributed by atoms with van der Waals surface area (Å²) in [6.07, 6.45) is 1.61. The summed E-state index contributed by atoms with van der Waals surface area (Å²) in [5.74, 6) is 0.718. The quantitative estimate of drug-likeness (QED) is 0.431. The molecule has 4 aromatic rings. The first-order chi connectivity index (χ1) is 14.7. The van der Waals surface area contributed by atoms with Gasteiger partial charge < -0.3 is 18.7 Å². The molecule has 30 heavy (non-hydrogen) atoms. The molecule has 152 valence electrons. The summed E-state index contributed by atoms with van der Waals surface area (Å²) in [7, 11) is 3.02. The van der Waals surface area contributed by atoms with Crippen LogP contribution in [0.3, 0.4) is 0 Å². The van der Waals surface area contributed by atoms with E-state index >= 15 is 0 Å². The van der Waals surface area contributed by atoms with Crippen LogP contribution in [0.2, 0.25) is 0 Å². The highest BCUT2D eigenvalue weighted by atomic mass is 16.6. The number of hydrogen-bond donors (Lipinski definition) is 0. The van der Waals surface area contributed by atoms with Gasteiger partial charge in [0.1, 0.15) is 5.75 Å². The Kier molecular flexibility index (Phi) is 5.42. The Hall–Kier alpha value is -4.14. The number of carbonyl (C=O) groups excluding carboxylic acids is 1. The lowest BCUT2D eigenvalue weighted by atomic mass is 10.2. The van der Waals surface area contributed by atoms with Crippen LogP contribution in [0, 0.1) is 0 Å². The van der Waals surface area contributed by atoms with E-state index in [2.05, 4.69) is 15.2 Å². The van der Waals surface area contributed by atoms with Crippen LogP contribution < -0.4 is 9.47 Å². The summed E-state index contributed by atoms with van der Waals surface area (Å²) in [6.45, 7) is -0.206. The Bertz CT molecular complexity index is 1150. The van der Waals surface area contributed by atoms with Gasteiger partial charge in [0.05, 0.1) is 31.7 Å². The van der Waals surface area contributed by atoms with E-state index in [0.717, 1.165) is 5.69 Å². The van der Waals surface area contributed by atoms with Gasteiger partial charge in [0.2, 0.25) is 11.5 Å². The van der Waals surface area contributed by atoms with Crippen LogP contribution in [-0.2, 0) is 11.3 Å². The molecule has 2 heterocycles. The second-order valence-corrected chi connectivity index (χ2v) is 6.11. The van der Waals surface area contributed by atoms with E-state index in [0.29, 0.717) is 22.9 Å². The molecule has 0 N–H and O–H groups in total. The molecule has 0 amide bonds. The number of aromatic nitrogens is 4. The van der Waals surface area contributed by atoms with Crippen LogP contribution >= 0.6 is 0 Å². The number of carbonyl (C=O) groups is 1. The number of hydrogen-bond acceptors (Lipinski definition) is 8. The number of para-hydroxylation sites is 2. The lowest BCUT2D eigenvalue weighted by molar-refractivity contribution is 0.0419. The zero-order valence-corrected chi connectivity index (χ0v) is 16.3. The highest BCUT2D eigenvalue weighted by molar-refractivity contribution is 5.90. The van der Waals surface area contributed by atoms with Gasteiger partial charge in [-0.05, 0) is 24.3 Å². The molecule has 0 aliphatic heterocycles. The number of rotatable bonds is 7. The Labute approximate surface area is 171 Å². The van der Waals surface area contributed by atoms with Gasteiger partial charge in [0, 0.05) is 0 Å². The molecule has 2 aromatic carbocycles. The lowest BCUT2D eigenvalue weighted by Crippen LogP contribution is -2.08. The van der Waals surface area contributed by atoms with Crippen molar-refractivity contribution in [1.82, 2.24) is 19.9 Å². The monoisotopic (exact) mass is 406 g/mol. The standard InChI is InChI=1S/C21H18N4O5/c1-27-16-11-7-6-10-15(16)20-22-18(30-24-20)13-29-21(26)19-17(28-2)12-25(23-19)14-8-4-3-5-9-14/h3-12H,13H2,1-2H3. The highest BCUT2D eigenvalue weighted by Gasteiger charge is 2.21. The number of ether oxygens (including phenoxy) is 3. The minimum Gasteiger partial charge on any atom is -0.496 e. The van der Waals surface area contributed by atoms with Crippen LogP contribution in [0.25, 0.3) is 17.1 Å². The molecule has 0 spiro atoms. The fourth-order valence-electron chi connectivity index (χ4n) is 2.81. The van der Waals surface area contributed by atoms with Crippen molar-refractivity contribution in [3.05, 3.63) is 72.4 Å². The third-order valence-electron chi connectivity index (χ3n) is 4.26. The molecule has 0 bridgehead atoms. The normalized spacial score (nSPS) is 10.6. The average Bonchev–Trinajstić information content (AvgIpc) is 3.45. The van der Waals surface area contributed by atoms with Crippen molar-refractivity contribution in [2.45, 2.75) is 6.61 Å². The molecule has 0 unspecified atom stereocenters. The van der Waals surface area contributed by atoms with Gasteiger partial charge in [-0.2, -0.15) is 10.1 Å². The lowest BCUT2D eigenvalue weighted by Gasteiger charge is -2.03. The molecule has 0 fully saturated rings. The van der Waals surface area contributed by atoms with E-state index < -0.39 is 5.97 Å². The van der Waals surface area contributed by atoms with Crippen molar-refractivity contribution in [2.75, 3.05) is 14.2 Å². The van der Waals surface area contributed by atoms with Crippen molar-refractivity contribution in [3.8, 4) is 28.6 Å². The van der Waals surface area contributed by atoms with Crippen LogP contribution in [-0.4, -0.2) is 40.1 Å². The molecule has 9 nitrogen and oxygen atoms in total. The van der Waals surface area contributed by atoms with E-state index in [-0.39, 0.29) is 18.2 Å². The Morgan fingerprint density at radius 1 is 1.00 bits per heavy atom. The van der Waals surface area contributed by atoms with Gasteiger partial charge in [-0.15, -0.1) is 0 Å². The van der Waals surface area contributed by atoms with Crippen molar-refractivity contribution in [2.24, 2.45) is 0 Å². The van der Waals surface area contributed by atoms with E-state index in [9.17, 15) is 4.79 Å². The van der Waals surface area contributed by atoms with Gasteiger partial charge in [-0.1, -0.05) is 35.5 Å². The van der Waals surface area contributed by atoms with Crippen molar-refractivity contribution in [3.63, 3.8) is 0 Å². The van der Waals surface area contributed by atoms with Gasteiger partial charge in [0.15, 0.2) is 12.4 Å². The molecule has 0 aliphatic carbocycles. The van der Waals surface area contributed by atoms with Crippen molar-refractivity contribution < 1.29 is 23.5 Å². The summed E-state index contributed by atoms with van der Waals surface area (Å²) in [6, 6.07) is 16.6. The molecule has 9 heteroatoms. The van der Waals surface area contributed by atoms with E-state index in [1.54, 1.807) is 30.1 Å². The summed E-state index contributed by atoms with van der Waals surface area (Å²) in [5.41, 5.74) is 1.50. The highest BCUT2D eigenvalue weighted by Crippen LogP contribution is 2.27. The Balaban J connectivity index is 1.48. The average molecular weight is 406 g/mol. The molecule has 0 saturated carbocycles. The second-order valence-electron chi connectivity index (χ2n) is 6.11. The maximum Gasteiger partial charge on any atom is 0.363 e. The molecular formula is C21H18N4O5. The predicted molar refractivity (Wildman–Crippen MR) is 106 cm³/mol. The molecular weight excluding hydrogens is 388 g/mol. The van der Waals surface area contributed by atoms with E-state index in [1.807, 2.05) is 42.5 Å². The van der Waals surface area contributed by atoms with Crippen LogP contribution in [0.1, 0.15) is 16.4 Å². The molecule has 0 radical (unpaired) electrons. The minimum atomic E-state index is -0.668. The van der Waals surface area contributed by atoms with Crippen LogP contribution in [0.4, 0.5) is 0 Å². The van der Waals surface area contributed by atoms with Crippen LogP contribution in [0.5, 0.6) is 11.5 Å². The number of benzene rings is 2. The number of esters is 1. The first-order valence-corrected chi connectivity index (χ1v) is 9.01. The van der Waals surface area contributed by atoms with E-state index in [4.69, 9.17) is 18.7 Å².